The van der Waals surface area contributed by atoms with Crippen molar-refractivity contribution in [1.29, 1.82) is 0 Å². The lowest BCUT2D eigenvalue weighted by molar-refractivity contribution is -0.125. The van der Waals surface area contributed by atoms with Crippen LogP contribution in [0.2, 0.25) is 5.02 Å². The monoisotopic (exact) mass is 282 g/mol. The SMILES string of the molecule is CCCCCCCC(=O)C(C)Oc1cccc(Cl)c1. The summed E-state index contributed by atoms with van der Waals surface area (Å²) in [7, 11) is 0. The van der Waals surface area contributed by atoms with Gasteiger partial charge in [0.05, 0.1) is 0 Å². The van der Waals surface area contributed by atoms with E-state index >= 15 is 0 Å². The highest BCUT2D eigenvalue weighted by molar-refractivity contribution is 6.30. The third-order valence-electron chi connectivity index (χ3n) is 3.09. The molecule has 0 saturated carbocycles. The van der Waals surface area contributed by atoms with E-state index in [0.29, 0.717) is 17.2 Å². The molecule has 0 N–H and O–H groups in total. The maximum Gasteiger partial charge on any atom is 0.172 e. The molecule has 0 radical (unpaired) electrons. The molecule has 0 saturated heterocycles. The van der Waals surface area contributed by atoms with Crippen molar-refractivity contribution >= 4 is 17.4 Å². The number of ketones is 1. The quantitative estimate of drug-likeness (QED) is 0.593. The van der Waals surface area contributed by atoms with Gasteiger partial charge in [-0.3, -0.25) is 4.79 Å². The van der Waals surface area contributed by atoms with E-state index in [2.05, 4.69) is 6.92 Å². The molecule has 3 heteroatoms. The molecule has 0 spiro atoms. The van der Waals surface area contributed by atoms with Crippen molar-refractivity contribution in [3.05, 3.63) is 29.3 Å². The second-order valence-corrected chi connectivity index (χ2v) is 5.28. The second kappa shape index (κ2) is 8.98. The summed E-state index contributed by atoms with van der Waals surface area (Å²) < 4.78 is 5.60. The van der Waals surface area contributed by atoms with Crippen LogP contribution in [0, 0.1) is 0 Å². The zero-order valence-electron chi connectivity index (χ0n) is 11.8. The molecule has 0 aliphatic carbocycles. The van der Waals surface area contributed by atoms with Crippen molar-refractivity contribution in [1.82, 2.24) is 0 Å². The normalized spacial score (nSPS) is 12.2. The van der Waals surface area contributed by atoms with Gasteiger partial charge in [-0.2, -0.15) is 0 Å². The molecule has 2 nitrogen and oxygen atoms in total. The van der Waals surface area contributed by atoms with Crippen molar-refractivity contribution in [2.24, 2.45) is 0 Å². The molecule has 1 unspecified atom stereocenters. The van der Waals surface area contributed by atoms with Crippen LogP contribution in [-0.2, 0) is 4.79 Å². The number of unbranched alkanes of at least 4 members (excludes halogenated alkanes) is 4. The van der Waals surface area contributed by atoms with Crippen LogP contribution in [0.25, 0.3) is 0 Å². The van der Waals surface area contributed by atoms with Crippen LogP contribution >= 0.6 is 11.6 Å². The minimum atomic E-state index is -0.398. The Hall–Kier alpha value is -1.02. The van der Waals surface area contributed by atoms with E-state index in [-0.39, 0.29) is 5.78 Å². The lowest BCUT2D eigenvalue weighted by atomic mass is 10.1. The number of carbonyl (C=O) groups excluding carboxylic acids is 1. The first kappa shape index (κ1) is 16.0. The molecule has 1 aromatic rings. The maximum absolute atomic E-state index is 11.9. The average Bonchev–Trinajstić information content (AvgIpc) is 2.38. The van der Waals surface area contributed by atoms with Gasteiger partial charge in [0.25, 0.3) is 0 Å². The third kappa shape index (κ3) is 6.63. The highest BCUT2D eigenvalue weighted by Gasteiger charge is 2.14. The van der Waals surface area contributed by atoms with Crippen LogP contribution in [0.1, 0.15) is 52.4 Å². The summed E-state index contributed by atoms with van der Waals surface area (Å²) in [6, 6.07) is 7.15. The molecule has 0 fully saturated rings. The van der Waals surface area contributed by atoms with Gasteiger partial charge in [0, 0.05) is 11.4 Å². The Kier molecular flexibility index (Phi) is 7.57. The minimum absolute atomic E-state index is 0.163. The van der Waals surface area contributed by atoms with Gasteiger partial charge in [0.2, 0.25) is 0 Å². The van der Waals surface area contributed by atoms with Crippen molar-refractivity contribution in [2.45, 2.75) is 58.5 Å². The fourth-order valence-electron chi connectivity index (χ4n) is 1.92. The topological polar surface area (TPSA) is 26.3 Å². The van der Waals surface area contributed by atoms with Crippen molar-refractivity contribution in [3.63, 3.8) is 0 Å². The number of rotatable bonds is 9. The molecular formula is C16H23ClO2. The van der Waals surface area contributed by atoms with Crippen molar-refractivity contribution < 1.29 is 9.53 Å². The van der Waals surface area contributed by atoms with E-state index in [9.17, 15) is 4.79 Å². The molecule has 0 amide bonds. The van der Waals surface area contributed by atoms with Crippen LogP contribution < -0.4 is 4.74 Å². The number of halogens is 1. The fourth-order valence-corrected chi connectivity index (χ4v) is 2.10. The van der Waals surface area contributed by atoms with Crippen molar-refractivity contribution in [3.8, 4) is 5.75 Å². The summed E-state index contributed by atoms with van der Waals surface area (Å²) in [5, 5.41) is 0.622. The van der Waals surface area contributed by atoms with Crippen LogP contribution in [0.15, 0.2) is 24.3 Å². The summed E-state index contributed by atoms with van der Waals surface area (Å²) in [6.07, 6.45) is 5.99. The molecule has 1 aromatic carbocycles. The maximum atomic E-state index is 11.9. The molecule has 1 atom stereocenters. The first-order valence-corrected chi connectivity index (χ1v) is 7.46. The number of hydrogen-bond donors (Lipinski definition) is 0. The zero-order chi connectivity index (χ0) is 14.1. The molecule has 0 aromatic heterocycles. The summed E-state index contributed by atoms with van der Waals surface area (Å²) in [5.74, 6) is 0.816. The summed E-state index contributed by atoms with van der Waals surface area (Å²) in [4.78, 5) is 11.9. The number of Topliss-reactive ketones (excluding diaryl/α,β-unsaturated/α-hetero) is 1. The van der Waals surface area contributed by atoms with Gasteiger partial charge in [0.15, 0.2) is 11.9 Å². The molecule has 0 aliphatic heterocycles. The van der Waals surface area contributed by atoms with Gasteiger partial charge in [-0.25, -0.2) is 0 Å². The Morgan fingerprint density at radius 2 is 2.00 bits per heavy atom. The van der Waals surface area contributed by atoms with E-state index in [0.717, 1.165) is 12.8 Å². The number of hydrogen-bond acceptors (Lipinski definition) is 2. The Bertz CT molecular complexity index is 390. The number of benzene rings is 1. The van der Waals surface area contributed by atoms with Crippen LogP contribution in [0.3, 0.4) is 0 Å². The van der Waals surface area contributed by atoms with E-state index in [1.807, 2.05) is 12.1 Å². The molecule has 1 rings (SSSR count). The van der Waals surface area contributed by atoms with E-state index < -0.39 is 6.10 Å². The Balaban J connectivity index is 2.28. The van der Waals surface area contributed by atoms with Crippen LogP contribution in [0.5, 0.6) is 5.75 Å². The zero-order valence-corrected chi connectivity index (χ0v) is 12.6. The van der Waals surface area contributed by atoms with Gasteiger partial charge < -0.3 is 4.74 Å². The molecule has 19 heavy (non-hydrogen) atoms. The number of ether oxygens (including phenoxy) is 1. The molecule has 106 valence electrons. The first-order chi connectivity index (χ1) is 9.13. The van der Waals surface area contributed by atoms with Gasteiger partial charge in [-0.1, -0.05) is 50.3 Å². The van der Waals surface area contributed by atoms with Gasteiger partial charge in [-0.15, -0.1) is 0 Å². The highest BCUT2D eigenvalue weighted by atomic mass is 35.5. The van der Waals surface area contributed by atoms with E-state index in [1.54, 1.807) is 19.1 Å². The van der Waals surface area contributed by atoms with Crippen LogP contribution in [-0.4, -0.2) is 11.9 Å². The second-order valence-electron chi connectivity index (χ2n) is 4.85. The molecule has 0 heterocycles. The standard InChI is InChI=1S/C16H23ClO2/c1-3-4-5-6-7-11-16(18)13(2)19-15-10-8-9-14(17)12-15/h8-10,12-13H,3-7,11H2,1-2H3. The van der Waals surface area contributed by atoms with Crippen molar-refractivity contribution in [2.75, 3.05) is 0 Å². The first-order valence-electron chi connectivity index (χ1n) is 7.08. The smallest absolute Gasteiger partial charge is 0.172 e. The Morgan fingerprint density at radius 3 is 2.68 bits per heavy atom. The largest absolute Gasteiger partial charge is 0.483 e. The van der Waals surface area contributed by atoms with Gasteiger partial charge >= 0.3 is 0 Å². The lowest BCUT2D eigenvalue weighted by Gasteiger charge is -2.13. The van der Waals surface area contributed by atoms with E-state index in [1.165, 1.54) is 19.3 Å². The molecular weight excluding hydrogens is 260 g/mol. The minimum Gasteiger partial charge on any atom is -0.483 e. The predicted molar refractivity (Wildman–Crippen MR) is 79.9 cm³/mol. The lowest BCUT2D eigenvalue weighted by Crippen LogP contribution is -2.23. The van der Waals surface area contributed by atoms with Gasteiger partial charge in [-0.05, 0) is 31.5 Å². The Morgan fingerprint density at radius 1 is 1.26 bits per heavy atom. The Labute approximate surface area is 121 Å². The molecule has 0 aliphatic rings. The van der Waals surface area contributed by atoms with Gasteiger partial charge in [0.1, 0.15) is 5.75 Å². The summed E-state index contributed by atoms with van der Waals surface area (Å²) in [6.45, 7) is 3.99. The van der Waals surface area contributed by atoms with E-state index in [4.69, 9.17) is 16.3 Å². The highest BCUT2D eigenvalue weighted by Crippen LogP contribution is 2.19. The number of carbonyl (C=O) groups is 1. The average molecular weight is 283 g/mol. The summed E-state index contributed by atoms with van der Waals surface area (Å²) >= 11 is 5.88. The third-order valence-corrected chi connectivity index (χ3v) is 3.32. The fraction of sp³-hybridized carbons (Fsp3) is 0.562. The molecule has 0 bridgehead atoms. The summed E-state index contributed by atoms with van der Waals surface area (Å²) in [5.41, 5.74) is 0. The van der Waals surface area contributed by atoms with Crippen LogP contribution in [0.4, 0.5) is 0 Å². The predicted octanol–water partition coefficient (Wildman–Crippen LogP) is 5.04.